The standard InChI is InChI=1S/C9H14O3/c1-5-2-3-7(10)8-6(5)4-12-9(8)11/h5-8,10H,2-4H2,1H3. The van der Waals surface area contributed by atoms with Crippen molar-refractivity contribution in [3.05, 3.63) is 0 Å². The molecule has 2 rings (SSSR count). The van der Waals surface area contributed by atoms with Crippen LogP contribution in [0, 0.1) is 17.8 Å². The van der Waals surface area contributed by atoms with Gasteiger partial charge in [-0.3, -0.25) is 4.79 Å². The zero-order chi connectivity index (χ0) is 8.72. The van der Waals surface area contributed by atoms with Gasteiger partial charge in [0.25, 0.3) is 0 Å². The maximum atomic E-state index is 11.2. The molecule has 1 saturated heterocycles. The summed E-state index contributed by atoms with van der Waals surface area (Å²) in [7, 11) is 0. The number of carbonyl (C=O) groups is 1. The monoisotopic (exact) mass is 170 g/mol. The lowest BCUT2D eigenvalue weighted by molar-refractivity contribution is -0.144. The second kappa shape index (κ2) is 2.73. The van der Waals surface area contributed by atoms with E-state index in [2.05, 4.69) is 6.92 Å². The molecule has 1 aliphatic carbocycles. The minimum Gasteiger partial charge on any atom is -0.465 e. The summed E-state index contributed by atoms with van der Waals surface area (Å²) < 4.78 is 4.94. The van der Waals surface area contributed by atoms with Gasteiger partial charge in [0.1, 0.15) is 0 Å². The number of fused-ring (bicyclic) bond motifs is 1. The molecule has 1 N–H and O–H groups in total. The highest BCUT2D eigenvalue weighted by atomic mass is 16.5. The van der Waals surface area contributed by atoms with E-state index in [-0.39, 0.29) is 17.8 Å². The highest BCUT2D eigenvalue weighted by Crippen LogP contribution is 2.39. The molecule has 0 bridgehead atoms. The number of ether oxygens (including phenoxy) is 1. The lowest BCUT2D eigenvalue weighted by Gasteiger charge is -2.31. The van der Waals surface area contributed by atoms with Gasteiger partial charge >= 0.3 is 5.97 Å². The Morgan fingerprint density at radius 1 is 1.50 bits per heavy atom. The lowest BCUT2D eigenvalue weighted by Crippen LogP contribution is -2.37. The van der Waals surface area contributed by atoms with Gasteiger partial charge in [0.15, 0.2) is 0 Å². The summed E-state index contributed by atoms with van der Waals surface area (Å²) in [4.78, 5) is 11.2. The normalized spacial score (nSPS) is 47.0. The minimum atomic E-state index is -0.457. The smallest absolute Gasteiger partial charge is 0.312 e. The first-order valence-corrected chi connectivity index (χ1v) is 4.55. The maximum Gasteiger partial charge on any atom is 0.312 e. The van der Waals surface area contributed by atoms with Crippen LogP contribution in [0.3, 0.4) is 0 Å². The average Bonchev–Trinajstić information content (AvgIpc) is 2.42. The molecular weight excluding hydrogens is 156 g/mol. The Bertz CT molecular complexity index is 202. The molecule has 0 radical (unpaired) electrons. The number of cyclic esters (lactones) is 1. The molecular formula is C9H14O3. The average molecular weight is 170 g/mol. The lowest BCUT2D eigenvalue weighted by atomic mass is 9.73. The molecule has 0 aromatic rings. The van der Waals surface area contributed by atoms with Crippen LogP contribution in [0.25, 0.3) is 0 Å². The van der Waals surface area contributed by atoms with Crippen LogP contribution in [0.4, 0.5) is 0 Å². The Morgan fingerprint density at radius 3 is 2.92 bits per heavy atom. The van der Waals surface area contributed by atoms with Gasteiger partial charge in [-0.05, 0) is 18.8 Å². The second-order valence-corrected chi connectivity index (χ2v) is 3.94. The molecule has 3 heteroatoms. The molecule has 4 atom stereocenters. The van der Waals surface area contributed by atoms with E-state index in [1.807, 2.05) is 0 Å². The molecule has 0 aromatic heterocycles. The van der Waals surface area contributed by atoms with Gasteiger partial charge in [-0.2, -0.15) is 0 Å². The maximum absolute atomic E-state index is 11.2. The number of carbonyl (C=O) groups excluding carboxylic acids is 1. The first-order chi connectivity index (χ1) is 5.70. The van der Waals surface area contributed by atoms with Crippen molar-refractivity contribution in [2.45, 2.75) is 25.9 Å². The van der Waals surface area contributed by atoms with E-state index in [1.54, 1.807) is 0 Å². The van der Waals surface area contributed by atoms with Gasteiger partial charge < -0.3 is 9.84 Å². The van der Waals surface area contributed by atoms with E-state index in [0.717, 1.165) is 12.8 Å². The highest BCUT2D eigenvalue weighted by molar-refractivity contribution is 5.75. The summed E-state index contributed by atoms with van der Waals surface area (Å²) in [5.74, 6) is 0.360. The van der Waals surface area contributed by atoms with Crippen LogP contribution < -0.4 is 0 Å². The molecule has 2 fully saturated rings. The summed E-state index contributed by atoms with van der Waals surface area (Å²) in [6.45, 7) is 2.65. The Kier molecular flexibility index (Phi) is 1.83. The molecule has 3 nitrogen and oxygen atoms in total. The van der Waals surface area contributed by atoms with Crippen molar-refractivity contribution >= 4 is 5.97 Å². The van der Waals surface area contributed by atoms with Crippen molar-refractivity contribution in [1.29, 1.82) is 0 Å². The molecule has 0 amide bonds. The Labute approximate surface area is 71.7 Å². The molecule has 4 unspecified atom stereocenters. The van der Waals surface area contributed by atoms with Gasteiger partial charge in [0, 0.05) is 5.92 Å². The third kappa shape index (κ3) is 1.04. The Balaban J connectivity index is 2.18. The number of hydrogen-bond acceptors (Lipinski definition) is 3. The zero-order valence-corrected chi connectivity index (χ0v) is 7.19. The van der Waals surface area contributed by atoms with Crippen molar-refractivity contribution in [1.82, 2.24) is 0 Å². The van der Waals surface area contributed by atoms with E-state index in [4.69, 9.17) is 4.74 Å². The van der Waals surface area contributed by atoms with Gasteiger partial charge in [-0.15, -0.1) is 0 Å². The number of aliphatic hydroxyl groups excluding tert-OH is 1. The molecule has 12 heavy (non-hydrogen) atoms. The first kappa shape index (κ1) is 8.05. The van der Waals surface area contributed by atoms with Crippen LogP contribution in [-0.2, 0) is 9.53 Å². The third-order valence-electron chi connectivity index (χ3n) is 3.21. The number of esters is 1. The van der Waals surface area contributed by atoms with Gasteiger partial charge in [0.05, 0.1) is 18.6 Å². The largest absolute Gasteiger partial charge is 0.465 e. The summed E-state index contributed by atoms with van der Waals surface area (Å²) in [5.41, 5.74) is 0. The van der Waals surface area contributed by atoms with Gasteiger partial charge in [-0.1, -0.05) is 6.92 Å². The number of aliphatic hydroxyl groups is 1. The van der Waals surface area contributed by atoms with Crippen molar-refractivity contribution in [2.24, 2.45) is 17.8 Å². The Morgan fingerprint density at radius 2 is 2.25 bits per heavy atom. The quantitative estimate of drug-likeness (QED) is 0.540. The van der Waals surface area contributed by atoms with Crippen molar-refractivity contribution in [2.75, 3.05) is 6.61 Å². The van der Waals surface area contributed by atoms with Crippen molar-refractivity contribution in [3.8, 4) is 0 Å². The predicted molar refractivity (Wildman–Crippen MR) is 42.3 cm³/mol. The predicted octanol–water partition coefficient (Wildman–Crippen LogP) is 0.566. The zero-order valence-electron chi connectivity index (χ0n) is 7.19. The number of rotatable bonds is 0. The molecule has 0 aromatic carbocycles. The van der Waals surface area contributed by atoms with E-state index in [1.165, 1.54) is 0 Å². The molecule has 2 aliphatic rings. The fourth-order valence-corrected chi connectivity index (χ4v) is 2.34. The topological polar surface area (TPSA) is 46.5 Å². The molecule has 1 aliphatic heterocycles. The fourth-order valence-electron chi connectivity index (χ4n) is 2.34. The van der Waals surface area contributed by atoms with Crippen LogP contribution in [0.5, 0.6) is 0 Å². The number of hydrogen-bond donors (Lipinski definition) is 1. The van der Waals surface area contributed by atoms with Gasteiger partial charge in [-0.25, -0.2) is 0 Å². The Hall–Kier alpha value is -0.570. The van der Waals surface area contributed by atoms with E-state index >= 15 is 0 Å². The SMILES string of the molecule is CC1CCC(O)C2C(=O)OCC12. The molecule has 1 heterocycles. The molecule has 0 spiro atoms. The van der Waals surface area contributed by atoms with Crippen LogP contribution in [-0.4, -0.2) is 23.8 Å². The summed E-state index contributed by atoms with van der Waals surface area (Å²) in [6.07, 6.45) is 1.30. The van der Waals surface area contributed by atoms with E-state index in [9.17, 15) is 9.90 Å². The molecule has 68 valence electrons. The van der Waals surface area contributed by atoms with Crippen LogP contribution in [0.1, 0.15) is 19.8 Å². The molecule has 1 saturated carbocycles. The summed E-state index contributed by atoms with van der Waals surface area (Å²) >= 11 is 0. The van der Waals surface area contributed by atoms with Crippen molar-refractivity contribution in [3.63, 3.8) is 0 Å². The van der Waals surface area contributed by atoms with Crippen LogP contribution in [0.2, 0.25) is 0 Å². The van der Waals surface area contributed by atoms with E-state index < -0.39 is 6.10 Å². The van der Waals surface area contributed by atoms with Crippen LogP contribution in [0.15, 0.2) is 0 Å². The summed E-state index contributed by atoms with van der Waals surface area (Å²) in [6, 6.07) is 0. The minimum absolute atomic E-state index is 0.195. The fraction of sp³-hybridized carbons (Fsp3) is 0.889. The third-order valence-corrected chi connectivity index (χ3v) is 3.21. The van der Waals surface area contributed by atoms with Gasteiger partial charge in [0.2, 0.25) is 0 Å². The summed E-state index contributed by atoms with van der Waals surface area (Å²) in [5, 5.41) is 9.57. The highest BCUT2D eigenvalue weighted by Gasteiger charge is 2.46. The van der Waals surface area contributed by atoms with E-state index in [0.29, 0.717) is 12.5 Å². The van der Waals surface area contributed by atoms with Crippen LogP contribution >= 0.6 is 0 Å². The first-order valence-electron chi connectivity index (χ1n) is 4.55. The van der Waals surface area contributed by atoms with Crippen molar-refractivity contribution < 1.29 is 14.6 Å². The second-order valence-electron chi connectivity index (χ2n) is 3.94.